The molecule has 2 aliphatic rings. The van der Waals surface area contributed by atoms with Gasteiger partial charge in [-0.15, -0.1) is 0 Å². The summed E-state index contributed by atoms with van der Waals surface area (Å²) in [7, 11) is 1.77. The van der Waals surface area contributed by atoms with Crippen molar-refractivity contribution >= 4 is 23.4 Å². The van der Waals surface area contributed by atoms with E-state index in [2.05, 4.69) is 10.6 Å². The second kappa shape index (κ2) is 10.9. The first kappa shape index (κ1) is 24.7. The van der Waals surface area contributed by atoms with Crippen LogP contribution in [0.2, 0.25) is 0 Å². The van der Waals surface area contributed by atoms with E-state index >= 15 is 0 Å². The van der Waals surface area contributed by atoms with Crippen LogP contribution in [-0.4, -0.2) is 54.5 Å². The summed E-state index contributed by atoms with van der Waals surface area (Å²) in [6.45, 7) is 4.01. The predicted molar refractivity (Wildman–Crippen MR) is 132 cm³/mol. The second-order valence-corrected chi connectivity index (χ2v) is 9.18. The number of hydrogen-bond acceptors (Lipinski definition) is 5. The Bertz CT molecular complexity index is 1070. The lowest BCUT2D eigenvalue weighted by Gasteiger charge is -2.42. The minimum atomic E-state index is -0.338. The molecule has 2 aromatic carbocycles. The number of rotatable bonds is 6. The minimum absolute atomic E-state index is 0.0620. The quantitative estimate of drug-likeness (QED) is 0.659. The highest BCUT2D eigenvalue weighted by atomic mass is 16.5. The summed E-state index contributed by atoms with van der Waals surface area (Å²) in [5.41, 5.74) is 2.03. The molecule has 0 spiro atoms. The van der Waals surface area contributed by atoms with E-state index in [1.54, 1.807) is 37.1 Å². The number of nitrogens with zero attached hydrogens (tertiary/aromatic N) is 1. The van der Waals surface area contributed by atoms with Gasteiger partial charge >= 0.3 is 0 Å². The SMILES string of the molecule is CCC(=O)Nc1ccc2c(c1)C(=O)N(C)[C@@H]1CC[C@H](CC(=O)N[C@H](C)c3ccccc3)O[C@@H]1CO2. The summed E-state index contributed by atoms with van der Waals surface area (Å²) in [6.07, 6.45) is 1.42. The summed E-state index contributed by atoms with van der Waals surface area (Å²) in [5, 5.41) is 5.83. The van der Waals surface area contributed by atoms with Crippen LogP contribution in [0.1, 0.15) is 61.5 Å². The van der Waals surface area contributed by atoms with Crippen molar-refractivity contribution in [2.75, 3.05) is 19.0 Å². The number of nitrogens with one attached hydrogen (secondary N) is 2. The summed E-state index contributed by atoms with van der Waals surface area (Å²) < 4.78 is 12.3. The van der Waals surface area contributed by atoms with Crippen molar-refractivity contribution < 1.29 is 23.9 Å². The fourth-order valence-electron chi connectivity index (χ4n) is 4.69. The molecular formula is C27H33N3O5. The molecule has 1 saturated heterocycles. The Balaban J connectivity index is 1.40. The number of hydrogen-bond donors (Lipinski definition) is 2. The van der Waals surface area contributed by atoms with Crippen molar-refractivity contribution in [3.05, 3.63) is 59.7 Å². The van der Waals surface area contributed by atoms with E-state index in [0.717, 1.165) is 5.56 Å². The van der Waals surface area contributed by atoms with Gasteiger partial charge in [0.05, 0.1) is 30.2 Å². The average Bonchev–Trinajstić information content (AvgIpc) is 2.86. The lowest BCUT2D eigenvalue weighted by molar-refractivity contribution is -0.134. The van der Waals surface area contributed by atoms with Gasteiger partial charge in [0, 0.05) is 19.2 Å². The van der Waals surface area contributed by atoms with Crippen LogP contribution in [0.15, 0.2) is 48.5 Å². The average molecular weight is 480 g/mol. The molecule has 2 heterocycles. The standard InChI is InChI=1S/C27H33N3O5/c1-4-25(31)29-19-10-13-23-21(14-19)27(33)30(3)22-12-11-20(35-24(22)16-34-23)15-26(32)28-17(2)18-8-6-5-7-9-18/h5-10,13-14,17,20,22,24H,4,11-12,15-16H2,1-3H3,(H,28,32)(H,29,31)/t17-,20-,22-,24-/m1/s1. The van der Waals surface area contributed by atoms with Gasteiger partial charge < -0.3 is 25.0 Å². The Kier molecular flexibility index (Phi) is 7.70. The maximum atomic E-state index is 13.3. The van der Waals surface area contributed by atoms with E-state index in [4.69, 9.17) is 9.47 Å². The third-order valence-electron chi connectivity index (χ3n) is 6.71. The number of ether oxygens (including phenoxy) is 2. The third-order valence-corrected chi connectivity index (χ3v) is 6.71. The molecule has 0 bridgehead atoms. The van der Waals surface area contributed by atoms with Crippen LogP contribution >= 0.6 is 0 Å². The smallest absolute Gasteiger partial charge is 0.257 e. The summed E-state index contributed by atoms with van der Waals surface area (Å²) in [6, 6.07) is 14.7. The number of carbonyl (C=O) groups is 3. The van der Waals surface area contributed by atoms with Crippen molar-refractivity contribution in [1.82, 2.24) is 10.2 Å². The zero-order valence-electron chi connectivity index (χ0n) is 20.5. The number of amides is 3. The van der Waals surface area contributed by atoms with E-state index in [0.29, 0.717) is 36.3 Å². The molecule has 4 atom stereocenters. The highest BCUT2D eigenvalue weighted by molar-refractivity contribution is 5.99. The molecule has 8 nitrogen and oxygen atoms in total. The number of anilines is 1. The Morgan fingerprint density at radius 1 is 1.11 bits per heavy atom. The molecule has 0 saturated carbocycles. The number of likely N-dealkylation sites (N-methyl/N-ethyl adjacent to an activating group) is 1. The second-order valence-electron chi connectivity index (χ2n) is 9.18. The highest BCUT2D eigenvalue weighted by Gasteiger charge is 2.39. The lowest BCUT2D eigenvalue weighted by atomic mass is 9.94. The number of fused-ring (bicyclic) bond motifs is 2. The van der Waals surface area contributed by atoms with Gasteiger partial charge in [-0.2, -0.15) is 0 Å². The van der Waals surface area contributed by atoms with Crippen molar-refractivity contribution in [3.63, 3.8) is 0 Å². The van der Waals surface area contributed by atoms with Gasteiger partial charge in [-0.05, 0) is 43.5 Å². The maximum absolute atomic E-state index is 13.3. The van der Waals surface area contributed by atoms with Crippen LogP contribution < -0.4 is 15.4 Å². The van der Waals surface area contributed by atoms with Crippen molar-refractivity contribution in [3.8, 4) is 5.75 Å². The molecule has 0 aliphatic carbocycles. The third kappa shape index (κ3) is 5.82. The van der Waals surface area contributed by atoms with Crippen molar-refractivity contribution in [2.24, 2.45) is 0 Å². The van der Waals surface area contributed by atoms with Gasteiger partial charge in [0.2, 0.25) is 11.8 Å². The monoisotopic (exact) mass is 479 g/mol. The van der Waals surface area contributed by atoms with E-state index in [1.165, 1.54) is 0 Å². The lowest BCUT2D eigenvalue weighted by Crippen LogP contribution is -2.54. The molecule has 35 heavy (non-hydrogen) atoms. The zero-order valence-corrected chi connectivity index (χ0v) is 20.5. The van der Waals surface area contributed by atoms with E-state index in [9.17, 15) is 14.4 Å². The summed E-state index contributed by atoms with van der Waals surface area (Å²) in [5.74, 6) is 0.0909. The van der Waals surface area contributed by atoms with Crippen LogP contribution in [-0.2, 0) is 14.3 Å². The predicted octanol–water partition coefficient (Wildman–Crippen LogP) is 3.68. The molecule has 0 aromatic heterocycles. The fraction of sp³-hybridized carbons (Fsp3) is 0.444. The van der Waals surface area contributed by atoms with E-state index < -0.39 is 0 Å². The van der Waals surface area contributed by atoms with Gasteiger partial charge in [-0.1, -0.05) is 37.3 Å². The zero-order chi connectivity index (χ0) is 24.9. The van der Waals surface area contributed by atoms with Gasteiger partial charge in [0.1, 0.15) is 18.5 Å². The first-order valence-corrected chi connectivity index (χ1v) is 12.2. The summed E-state index contributed by atoms with van der Waals surface area (Å²) >= 11 is 0. The van der Waals surface area contributed by atoms with Crippen LogP contribution in [0.3, 0.4) is 0 Å². The van der Waals surface area contributed by atoms with E-state index in [1.807, 2.05) is 37.3 Å². The molecule has 2 N–H and O–H groups in total. The molecule has 1 fully saturated rings. The minimum Gasteiger partial charge on any atom is -0.490 e. The molecule has 8 heteroatoms. The van der Waals surface area contributed by atoms with Gasteiger partial charge in [0.25, 0.3) is 5.91 Å². The Hall–Kier alpha value is -3.39. The summed E-state index contributed by atoms with van der Waals surface area (Å²) in [4.78, 5) is 39.4. The molecule has 3 amide bonds. The van der Waals surface area contributed by atoms with Crippen LogP contribution in [0.25, 0.3) is 0 Å². The van der Waals surface area contributed by atoms with E-state index in [-0.39, 0.29) is 55.0 Å². The Morgan fingerprint density at radius 3 is 2.63 bits per heavy atom. The molecule has 186 valence electrons. The first-order valence-electron chi connectivity index (χ1n) is 12.2. The van der Waals surface area contributed by atoms with Crippen molar-refractivity contribution in [2.45, 2.75) is 63.8 Å². The van der Waals surface area contributed by atoms with Crippen LogP contribution in [0.4, 0.5) is 5.69 Å². The molecule has 4 rings (SSSR count). The maximum Gasteiger partial charge on any atom is 0.257 e. The van der Waals surface area contributed by atoms with Gasteiger partial charge in [0.15, 0.2) is 0 Å². The highest BCUT2D eigenvalue weighted by Crippen LogP contribution is 2.32. The van der Waals surface area contributed by atoms with Crippen LogP contribution in [0.5, 0.6) is 5.75 Å². The Labute approximate surface area is 206 Å². The first-order chi connectivity index (χ1) is 16.9. The fourth-order valence-corrected chi connectivity index (χ4v) is 4.69. The van der Waals surface area contributed by atoms with Gasteiger partial charge in [-0.3, -0.25) is 14.4 Å². The van der Waals surface area contributed by atoms with Gasteiger partial charge in [-0.25, -0.2) is 0 Å². The molecule has 0 radical (unpaired) electrons. The molecule has 2 aromatic rings. The van der Waals surface area contributed by atoms with Crippen molar-refractivity contribution in [1.29, 1.82) is 0 Å². The number of carbonyl (C=O) groups excluding carboxylic acids is 3. The Morgan fingerprint density at radius 2 is 1.89 bits per heavy atom. The topological polar surface area (TPSA) is 97.0 Å². The molecule has 2 aliphatic heterocycles. The molecular weight excluding hydrogens is 446 g/mol. The molecule has 0 unspecified atom stereocenters. The largest absolute Gasteiger partial charge is 0.490 e. The van der Waals surface area contributed by atoms with Crippen LogP contribution in [0, 0.1) is 0 Å². The normalized spacial score (nSPS) is 22.5. The number of benzene rings is 2.